The van der Waals surface area contributed by atoms with Gasteiger partial charge in [0.05, 0.1) is 11.0 Å². The Bertz CT molecular complexity index is 815. The third kappa shape index (κ3) is 3.93. The van der Waals surface area contributed by atoms with Crippen LogP contribution in [0.1, 0.15) is 31.2 Å². The second kappa shape index (κ2) is 7.17. The van der Waals surface area contributed by atoms with Crippen molar-refractivity contribution >= 4 is 22.7 Å². The molecule has 0 aliphatic heterocycles. The van der Waals surface area contributed by atoms with Crippen molar-refractivity contribution in [2.24, 2.45) is 10.7 Å². The summed E-state index contributed by atoms with van der Waals surface area (Å²) >= 11 is 0. The first-order valence-corrected chi connectivity index (χ1v) is 8.22. The molecular weight excluding hydrogens is 298 g/mol. The van der Waals surface area contributed by atoms with Crippen LogP contribution in [0.15, 0.2) is 53.5 Å². The van der Waals surface area contributed by atoms with Crippen molar-refractivity contribution in [3.8, 4) is 0 Å². The Hall–Kier alpha value is -2.82. The zero-order valence-corrected chi connectivity index (χ0v) is 14.1. The predicted octanol–water partition coefficient (Wildman–Crippen LogP) is 3.66. The number of imidazole rings is 1. The SMILES string of the molecule is CC(C)c1cccc(NC(N)=NCCc2nc3ccccc3[nH]2)c1. The number of hydrogen-bond donors (Lipinski definition) is 3. The van der Waals surface area contributed by atoms with Gasteiger partial charge in [-0.05, 0) is 35.7 Å². The van der Waals surface area contributed by atoms with E-state index in [2.05, 4.69) is 46.3 Å². The molecule has 0 spiro atoms. The van der Waals surface area contributed by atoms with Crippen molar-refractivity contribution < 1.29 is 0 Å². The highest BCUT2D eigenvalue weighted by atomic mass is 15.1. The van der Waals surface area contributed by atoms with Gasteiger partial charge in [0.25, 0.3) is 0 Å². The Kier molecular flexibility index (Phi) is 4.79. The number of hydrogen-bond acceptors (Lipinski definition) is 2. The number of aliphatic imine (C=N–C) groups is 1. The molecule has 0 saturated heterocycles. The van der Waals surface area contributed by atoms with Gasteiger partial charge < -0.3 is 16.0 Å². The van der Waals surface area contributed by atoms with Crippen molar-refractivity contribution in [2.75, 3.05) is 11.9 Å². The quantitative estimate of drug-likeness (QED) is 0.496. The molecule has 5 heteroatoms. The minimum atomic E-state index is 0.423. The van der Waals surface area contributed by atoms with Crippen molar-refractivity contribution in [1.82, 2.24) is 9.97 Å². The zero-order chi connectivity index (χ0) is 16.9. The second-order valence-electron chi connectivity index (χ2n) is 6.12. The fourth-order valence-electron chi connectivity index (χ4n) is 2.57. The Balaban J connectivity index is 1.59. The molecule has 0 bridgehead atoms. The van der Waals surface area contributed by atoms with E-state index < -0.39 is 0 Å². The summed E-state index contributed by atoms with van der Waals surface area (Å²) in [4.78, 5) is 12.2. The molecule has 0 unspecified atom stereocenters. The number of nitrogens with two attached hydrogens (primary N) is 1. The zero-order valence-electron chi connectivity index (χ0n) is 14.1. The highest BCUT2D eigenvalue weighted by Crippen LogP contribution is 2.18. The highest BCUT2D eigenvalue weighted by molar-refractivity contribution is 5.92. The number of fused-ring (bicyclic) bond motifs is 1. The second-order valence-corrected chi connectivity index (χ2v) is 6.12. The normalized spacial score (nSPS) is 12.0. The fourth-order valence-corrected chi connectivity index (χ4v) is 2.57. The molecule has 0 fully saturated rings. The molecule has 1 aromatic heterocycles. The van der Waals surface area contributed by atoms with Crippen molar-refractivity contribution in [2.45, 2.75) is 26.2 Å². The van der Waals surface area contributed by atoms with Gasteiger partial charge in [-0.3, -0.25) is 4.99 Å². The number of para-hydroxylation sites is 2. The summed E-state index contributed by atoms with van der Waals surface area (Å²) in [5.74, 6) is 1.83. The van der Waals surface area contributed by atoms with E-state index in [1.54, 1.807) is 0 Å². The van der Waals surface area contributed by atoms with Gasteiger partial charge >= 0.3 is 0 Å². The van der Waals surface area contributed by atoms with Crippen LogP contribution in [-0.4, -0.2) is 22.5 Å². The molecule has 4 N–H and O–H groups in total. The van der Waals surface area contributed by atoms with Gasteiger partial charge in [-0.25, -0.2) is 4.98 Å². The number of benzene rings is 2. The number of rotatable bonds is 5. The third-order valence-corrected chi connectivity index (χ3v) is 3.89. The fraction of sp³-hybridized carbons (Fsp3) is 0.263. The van der Waals surface area contributed by atoms with Gasteiger partial charge in [0.15, 0.2) is 5.96 Å². The van der Waals surface area contributed by atoms with Crippen LogP contribution in [0.5, 0.6) is 0 Å². The standard InChI is InChI=1S/C19H23N5/c1-13(2)14-6-5-7-15(12-14)22-19(20)21-11-10-18-23-16-8-3-4-9-17(16)24-18/h3-9,12-13H,10-11H2,1-2H3,(H,23,24)(H3,20,21,22). The average Bonchev–Trinajstić information content (AvgIpc) is 2.97. The highest BCUT2D eigenvalue weighted by Gasteiger charge is 2.03. The average molecular weight is 321 g/mol. The molecule has 3 aromatic rings. The lowest BCUT2D eigenvalue weighted by Gasteiger charge is -2.09. The van der Waals surface area contributed by atoms with Gasteiger partial charge in [0.2, 0.25) is 0 Å². The number of aromatic amines is 1. The molecule has 3 rings (SSSR count). The maximum absolute atomic E-state index is 5.98. The minimum absolute atomic E-state index is 0.423. The first-order chi connectivity index (χ1) is 11.6. The summed E-state index contributed by atoms with van der Waals surface area (Å²) in [6.45, 7) is 4.93. The van der Waals surface area contributed by atoms with Crippen LogP contribution >= 0.6 is 0 Å². The Morgan fingerprint density at radius 3 is 2.83 bits per heavy atom. The van der Waals surface area contributed by atoms with Crippen molar-refractivity contribution in [1.29, 1.82) is 0 Å². The topological polar surface area (TPSA) is 79.1 Å². The smallest absolute Gasteiger partial charge is 0.193 e. The van der Waals surface area contributed by atoms with E-state index in [-0.39, 0.29) is 0 Å². The molecule has 0 aliphatic rings. The summed E-state index contributed by atoms with van der Waals surface area (Å²) < 4.78 is 0. The van der Waals surface area contributed by atoms with E-state index in [9.17, 15) is 0 Å². The predicted molar refractivity (Wildman–Crippen MR) is 100 cm³/mol. The number of anilines is 1. The van der Waals surface area contributed by atoms with Gasteiger partial charge in [0.1, 0.15) is 5.82 Å². The molecule has 124 valence electrons. The number of aromatic nitrogens is 2. The summed E-state index contributed by atoms with van der Waals surface area (Å²) in [7, 11) is 0. The molecular formula is C19H23N5. The molecule has 0 radical (unpaired) electrons. The van der Waals surface area contributed by atoms with E-state index in [4.69, 9.17) is 5.73 Å². The molecule has 0 amide bonds. The van der Waals surface area contributed by atoms with E-state index >= 15 is 0 Å². The lowest BCUT2D eigenvalue weighted by Crippen LogP contribution is -2.23. The lowest BCUT2D eigenvalue weighted by atomic mass is 10.0. The number of H-pyrrole nitrogens is 1. The number of guanidine groups is 1. The van der Waals surface area contributed by atoms with Gasteiger partial charge in [-0.1, -0.05) is 38.1 Å². The minimum Gasteiger partial charge on any atom is -0.370 e. The maximum Gasteiger partial charge on any atom is 0.193 e. The third-order valence-electron chi connectivity index (χ3n) is 3.89. The van der Waals surface area contributed by atoms with Crippen molar-refractivity contribution in [3.63, 3.8) is 0 Å². The number of nitrogens with zero attached hydrogens (tertiary/aromatic N) is 2. The summed E-state index contributed by atoms with van der Waals surface area (Å²) in [5, 5.41) is 3.15. The number of nitrogens with one attached hydrogen (secondary N) is 2. The van der Waals surface area contributed by atoms with E-state index in [0.29, 0.717) is 18.4 Å². The summed E-state index contributed by atoms with van der Waals surface area (Å²) in [6.07, 6.45) is 0.725. The van der Waals surface area contributed by atoms with Crippen LogP contribution in [0.2, 0.25) is 0 Å². The van der Waals surface area contributed by atoms with Crippen LogP contribution in [0.4, 0.5) is 5.69 Å². The van der Waals surface area contributed by atoms with E-state index in [0.717, 1.165) is 29.0 Å². The Morgan fingerprint density at radius 1 is 1.21 bits per heavy atom. The molecule has 1 heterocycles. The first-order valence-electron chi connectivity index (χ1n) is 8.22. The monoisotopic (exact) mass is 321 g/mol. The van der Waals surface area contributed by atoms with Crippen LogP contribution in [0.3, 0.4) is 0 Å². The maximum atomic E-state index is 5.98. The molecule has 2 aromatic carbocycles. The molecule has 5 nitrogen and oxygen atoms in total. The molecule has 0 aliphatic carbocycles. The van der Waals surface area contributed by atoms with Gasteiger partial charge in [0, 0.05) is 18.7 Å². The van der Waals surface area contributed by atoms with E-state index in [1.165, 1.54) is 5.56 Å². The van der Waals surface area contributed by atoms with Crippen molar-refractivity contribution in [3.05, 3.63) is 59.9 Å². The van der Waals surface area contributed by atoms with E-state index in [1.807, 2.05) is 36.4 Å². The lowest BCUT2D eigenvalue weighted by molar-refractivity contribution is 0.867. The Morgan fingerprint density at radius 2 is 2.04 bits per heavy atom. The largest absolute Gasteiger partial charge is 0.370 e. The first kappa shape index (κ1) is 16.1. The van der Waals surface area contributed by atoms with Crippen LogP contribution in [0, 0.1) is 0 Å². The van der Waals surface area contributed by atoms with Gasteiger partial charge in [-0.2, -0.15) is 0 Å². The van der Waals surface area contributed by atoms with Crippen LogP contribution in [0.25, 0.3) is 11.0 Å². The molecule has 24 heavy (non-hydrogen) atoms. The van der Waals surface area contributed by atoms with Crippen LogP contribution < -0.4 is 11.1 Å². The Labute approximate surface area is 142 Å². The summed E-state index contributed by atoms with van der Waals surface area (Å²) in [6, 6.07) is 16.2. The van der Waals surface area contributed by atoms with Gasteiger partial charge in [-0.15, -0.1) is 0 Å². The summed E-state index contributed by atoms with van der Waals surface area (Å²) in [5.41, 5.74) is 10.2. The van der Waals surface area contributed by atoms with Crippen LogP contribution in [-0.2, 0) is 6.42 Å². The molecule has 0 atom stereocenters. The molecule has 0 saturated carbocycles.